The maximum absolute atomic E-state index is 10.7. The Labute approximate surface area is 164 Å². The molecular formula is C18H25ClN4O4. The van der Waals surface area contributed by atoms with E-state index in [9.17, 15) is 4.79 Å². The average molecular weight is 397 g/mol. The third-order valence-corrected chi connectivity index (χ3v) is 4.88. The van der Waals surface area contributed by atoms with Crippen LogP contribution in [0.4, 0.5) is 11.8 Å². The first-order valence-corrected chi connectivity index (χ1v) is 8.67. The molecule has 0 unspecified atom stereocenters. The van der Waals surface area contributed by atoms with Crippen molar-refractivity contribution in [3.8, 4) is 11.5 Å². The molecule has 3 N–H and O–H groups in total. The van der Waals surface area contributed by atoms with Crippen LogP contribution in [0.15, 0.2) is 12.1 Å². The molecule has 2 aromatic rings. The Morgan fingerprint density at radius 3 is 2.44 bits per heavy atom. The second-order valence-corrected chi connectivity index (χ2v) is 6.50. The minimum Gasteiger partial charge on any atom is -0.493 e. The highest BCUT2D eigenvalue weighted by Crippen LogP contribution is 2.34. The molecular weight excluding hydrogens is 372 g/mol. The van der Waals surface area contributed by atoms with Gasteiger partial charge in [0.05, 0.1) is 19.7 Å². The lowest BCUT2D eigenvalue weighted by Crippen LogP contribution is -2.35. The molecule has 0 aliphatic carbocycles. The molecule has 148 valence electrons. The number of fused-ring (bicyclic) bond motifs is 1. The molecule has 1 aliphatic heterocycles. The molecule has 8 nitrogen and oxygen atoms in total. The van der Waals surface area contributed by atoms with E-state index >= 15 is 0 Å². The van der Waals surface area contributed by atoms with E-state index in [0.29, 0.717) is 34.7 Å². The average Bonchev–Trinajstić information content (AvgIpc) is 2.65. The fourth-order valence-corrected chi connectivity index (χ4v) is 3.36. The third kappa shape index (κ3) is 4.63. The number of nitrogens with two attached hydrogens (primary N) is 1. The number of piperidine rings is 1. The summed E-state index contributed by atoms with van der Waals surface area (Å²) in [5.41, 5.74) is 6.85. The highest BCUT2D eigenvalue weighted by molar-refractivity contribution is 5.91. The van der Waals surface area contributed by atoms with Gasteiger partial charge in [-0.3, -0.25) is 4.79 Å². The zero-order valence-electron chi connectivity index (χ0n) is 15.5. The normalized spacial score (nSPS) is 14.7. The van der Waals surface area contributed by atoms with Gasteiger partial charge in [-0.05, 0) is 31.2 Å². The van der Waals surface area contributed by atoms with Gasteiger partial charge < -0.3 is 25.2 Å². The van der Waals surface area contributed by atoms with Gasteiger partial charge in [-0.15, -0.1) is 12.4 Å². The zero-order chi connectivity index (χ0) is 18.7. The van der Waals surface area contributed by atoms with Crippen LogP contribution in [0.3, 0.4) is 0 Å². The van der Waals surface area contributed by atoms with E-state index in [1.807, 2.05) is 0 Å². The summed E-state index contributed by atoms with van der Waals surface area (Å²) < 4.78 is 10.7. The van der Waals surface area contributed by atoms with Crippen molar-refractivity contribution in [2.24, 2.45) is 5.92 Å². The minimum atomic E-state index is -0.734. The summed E-state index contributed by atoms with van der Waals surface area (Å²) in [6.45, 7) is 1.59. The van der Waals surface area contributed by atoms with Crippen LogP contribution in [-0.2, 0) is 4.79 Å². The first-order chi connectivity index (χ1) is 12.5. The van der Waals surface area contributed by atoms with Crippen molar-refractivity contribution in [3.63, 3.8) is 0 Å². The van der Waals surface area contributed by atoms with Crippen molar-refractivity contribution in [3.05, 3.63) is 12.1 Å². The van der Waals surface area contributed by atoms with Crippen LogP contribution < -0.4 is 20.1 Å². The third-order valence-electron chi connectivity index (χ3n) is 4.88. The number of carbonyl (C=O) groups is 1. The molecule has 0 bridgehead atoms. The van der Waals surface area contributed by atoms with Gasteiger partial charge in [0.25, 0.3) is 0 Å². The number of hydrogen-bond acceptors (Lipinski definition) is 7. The molecule has 3 rings (SSSR count). The zero-order valence-corrected chi connectivity index (χ0v) is 16.3. The van der Waals surface area contributed by atoms with Crippen LogP contribution in [0.2, 0.25) is 0 Å². The summed E-state index contributed by atoms with van der Waals surface area (Å²) in [5, 5.41) is 9.55. The van der Waals surface area contributed by atoms with E-state index in [4.69, 9.17) is 20.3 Å². The summed E-state index contributed by atoms with van der Waals surface area (Å²) in [5.74, 6) is 1.88. The molecule has 0 saturated carbocycles. The first-order valence-electron chi connectivity index (χ1n) is 8.67. The number of carboxylic acids is 1. The van der Waals surface area contributed by atoms with Crippen LogP contribution in [0.1, 0.15) is 25.7 Å². The van der Waals surface area contributed by atoms with E-state index in [1.165, 1.54) is 0 Å². The van der Waals surface area contributed by atoms with Crippen LogP contribution in [0, 0.1) is 5.92 Å². The number of aromatic nitrogens is 2. The highest BCUT2D eigenvalue weighted by atomic mass is 35.5. The number of methoxy groups -OCH3 is 2. The van der Waals surface area contributed by atoms with E-state index in [1.54, 1.807) is 26.4 Å². The Morgan fingerprint density at radius 2 is 1.85 bits per heavy atom. The van der Waals surface area contributed by atoms with Crippen LogP contribution in [0.25, 0.3) is 10.9 Å². The second-order valence-electron chi connectivity index (χ2n) is 6.50. The van der Waals surface area contributed by atoms with Gasteiger partial charge in [0, 0.05) is 31.0 Å². The van der Waals surface area contributed by atoms with Gasteiger partial charge in [0.15, 0.2) is 11.5 Å². The lowest BCUT2D eigenvalue weighted by molar-refractivity contribution is -0.137. The molecule has 1 aromatic heterocycles. The fourth-order valence-electron chi connectivity index (χ4n) is 3.36. The molecule has 2 heterocycles. The molecule has 9 heteroatoms. The summed E-state index contributed by atoms with van der Waals surface area (Å²) in [4.78, 5) is 21.9. The molecule has 0 spiro atoms. The van der Waals surface area contributed by atoms with Crippen LogP contribution in [0.5, 0.6) is 11.5 Å². The SMILES string of the molecule is COc1cc2nc(N3CCC(CCC(=O)O)CC3)nc(N)c2cc1OC.Cl. The van der Waals surface area contributed by atoms with E-state index in [2.05, 4.69) is 14.9 Å². The second kappa shape index (κ2) is 8.94. The van der Waals surface area contributed by atoms with Gasteiger partial charge in [-0.1, -0.05) is 0 Å². The van der Waals surface area contributed by atoms with Crippen molar-refractivity contribution in [1.82, 2.24) is 9.97 Å². The van der Waals surface area contributed by atoms with Gasteiger partial charge >= 0.3 is 5.97 Å². The van der Waals surface area contributed by atoms with E-state index < -0.39 is 5.97 Å². The number of nitrogen functional groups attached to an aromatic ring is 1. The molecule has 1 aromatic carbocycles. The van der Waals surface area contributed by atoms with Crippen LogP contribution in [-0.4, -0.2) is 48.4 Å². The fraction of sp³-hybridized carbons (Fsp3) is 0.500. The van der Waals surface area contributed by atoms with Crippen LogP contribution >= 0.6 is 12.4 Å². The maximum Gasteiger partial charge on any atom is 0.303 e. The van der Waals surface area contributed by atoms with Crippen molar-refractivity contribution in [1.29, 1.82) is 0 Å². The highest BCUT2D eigenvalue weighted by Gasteiger charge is 2.22. The van der Waals surface area contributed by atoms with Crippen molar-refractivity contribution in [2.45, 2.75) is 25.7 Å². The summed E-state index contributed by atoms with van der Waals surface area (Å²) in [7, 11) is 3.15. The monoisotopic (exact) mass is 396 g/mol. The number of anilines is 2. The van der Waals surface area contributed by atoms with E-state index in [-0.39, 0.29) is 18.8 Å². The number of ether oxygens (including phenoxy) is 2. The topological polar surface area (TPSA) is 111 Å². The Balaban J connectivity index is 0.00000261. The largest absolute Gasteiger partial charge is 0.493 e. The molecule has 0 atom stereocenters. The number of hydrogen-bond donors (Lipinski definition) is 2. The number of rotatable bonds is 6. The number of aliphatic carboxylic acids is 1. The van der Waals surface area contributed by atoms with Crippen molar-refractivity contribution in [2.75, 3.05) is 37.9 Å². The van der Waals surface area contributed by atoms with E-state index in [0.717, 1.165) is 37.7 Å². The van der Waals surface area contributed by atoms with Gasteiger partial charge in [-0.25, -0.2) is 4.98 Å². The summed E-state index contributed by atoms with van der Waals surface area (Å²) >= 11 is 0. The summed E-state index contributed by atoms with van der Waals surface area (Å²) in [6, 6.07) is 3.58. The number of carboxylic acid groups (broad SMARTS) is 1. The Kier molecular flexibility index (Phi) is 6.90. The van der Waals surface area contributed by atoms with Gasteiger partial charge in [0.1, 0.15) is 5.82 Å². The molecule has 1 aliphatic rings. The molecule has 1 saturated heterocycles. The molecule has 0 amide bonds. The lowest BCUT2D eigenvalue weighted by Gasteiger charge is -2.32. The molecule has 0 radical (unpaired) electrons. The van der Waals surface area contributed by atoms with Gasteiger partial charge in [0.2, 0.25) is 5.95 Å². The Hall–Kier alpha value is -2.48. The van der Waals surface area contributed by atoms with Gasteiger partial charge in [-0.2, -0.15) is 4.98 Å². The van der Waals surface area contributed by atoms with Crippen molar-refractivity contribution < 1.29 is 19.4 Å². The first kappa shape index (κ1) is 20.8. The number of nitrogens with zero attached hydrogens (tertiary/aromatic N) is 3. The minimum absolute atomic E-state index is 0. The van der Waals surface area contributed by atoms with Crippen molar-refractivity contribution >= 4 is 41.0 Å². The quantitative estimate of drug-likeness (QED) is 0.766. The maximum atomic E-state index is 10.7. The molecule has 27 heavy (non-hydrogen) atoms. The predicted octanol–water partition coefficient (Wildman–Crippen LogP) is 2.73. The smallest absolute Gasteiger partial charge is 0.303 e. The Morgan fingerprint density at radius 1 is 1.22 bits per heavy atom. The lowest BCUT2D eigenvalue weighted by atomic mass is 9.92. The Bertz CT molecular complexity index is 810. The number of benzene rings is 1. The summed E-state index contributed by atoms with van der Waals surface area (Å²) in [6.07, 6.45) is 2.81. The standard InChI is InChI=1S/C18H24N4O4.ClH/c1-25-14-9-12-13(10-15(14)26-2)20-18(21-17(12)19)22-7-5-11(6-8-22)3-4-16(23)24;/h9-11H,3-8H2,1-2H3,(H,23,24)(H2,19,20,21);1H. The number of halogens is 1. The predicted molar refractivity (Wildman–Crippen MR) is 106 cm³/mol. The molecule has 1 fully saturated rings.